The lowest BCUT2D eigenvalue weighted by molar-refractivity contribution is -0.0106. The Morgan fingerprint density at radius 3 is 2.33 bits per heavy atom. The molecule has 1 spiro atoms. The Labute approximate surface area is 177 Å². The van der Waals surface area contributed by atoms with Crippen molar-refractivity contribution in [3.63, 3.8) is 0 Å². The van der Waals surface area contributed by atoms with Crippen molar-refractivity contribution in [3.8, 4) is 5.75 Å². The molecule has 7 heteroatoms. The summed E-state index contributed by atoms with van der Waals surface area (Å²) in [5.74, 6) is 1.70. The Morgan fingerprint density at radius 1 is 1.00 bits per heavy atom. The van der Waals surface area contributed by atoms with Gasteiger partial charge in [-0.2, -0.15) is 0 Å². The van der Waals surface area contributed by atoms with E-state index in [1.54, 1.807) is 13.3 Å². The van der Waals surface area contributed by atoms with Gasteiger partial charge < -0.3 is 19.4 Å². The molecule has 1 aromatic heterocycles. The molecule has 1 amide bonds. The van der Waals surface area contributed by atoms with E-state index < -0.39 is 0 Å². The van der Waals surface area contributed by atoms with Gasteiger partial charge in [0.2, 0.25) is 5.95 Å². The number of rotatable bonds is 4. The largest absolute Gasteiger partial charge is 0.497 e. The molecule has 0 N–H and O–H groups in total. The van der Waals surface area contributed by atoms with Crippen LogP contribution < -0.4 is 14.5 Å². The molecule has 3 aliphatic heterocycles. The molecule has 30 heavy (non-hydrogen) atoms. The highest BCUT2D eigenvalue weighted by molar-refractivity contribution is 5.95. The van der Waals surface area contributed by atoms with E-state index in [1.165, 1.54) is 24.9 Å². The molecule has 5 rings (SSSR count). The first kappa shape index (κ1) is 19.2. The highest BCUT2D eigenvalue weighted by Crippen LogP contribution is 2.42. The van der Waals surface area contributed by atoms with Crippen LogP contribution in [-0.4, -0.2) is 67.2 Å². The van der Waals surface area contributed by atoms with Crippen molar-refractivity contribution in [2.75, 3.05) is 56.2 Å². The molecular formula is C23H29N5O2. The molecule has 3 aliphatic rings. The fourth-order valence-corrected chi connectivity index (χ4v) is 4.93. The fraction of sp³-hybridized carbons (Fsp3) is 0.522. The van der Waals surface area contributed by atoms with E-state index >= 15 is 0 Å². The van der Waals surface area contributed by atoms with Crippen LogP contribution in [0.25, 0.3) is 0 Å². The molecule has 2 aromatic rings. The number of aryl methyl sites for hydroxylation is 1. The first-order valence-corrected chi connectivity index (χ1v) is 10.8. The number of carbonyl (C=O) groups is 1. The van der Waals surface area contributed by atoms with Gasteiger partial charge in [0.1, 0.15) is 5.75 Å². The zero-order chi connectivity index (χ0) is 20.7. The number of likely N-dealkylation sites (tertiary alicyclic amines) is 1. The fourth-order valence-electron chi connectivity index (χ4n) is 4.93. The van der Waals surface area contributed by atoms with Crippen LogP contribution in [0.15, 0.2) is 30.5 Å². The van der Waals surface area contributed by atoms with E-state index in [4.69, 9.17) is 4.74 Å². The van der Waals surface area contributed by atoms with Crippen molar-refractivity contribution in [2.45, 2.75) is 26.2 Å². The second kappa shape index (κ2) is 7.45. The predicted octanol–water partition coefficient (Wildman–Crippen LogP) is 2.75. The van der Waals surface area contributed by atoms with Crippen molar-refractivity contribution in [3.05, 3.63) is 41.7 Å². The Kier molecular flexibility index (Phi) is 4.76. The normalized spacial score (nSPS) is 20.0. The van der Waals surface area contributed by atoms with Gasteiger partial charge in [-0.3, -0.25) is 4.79 Å². The average molecular weight is 408 g/mol. The van der Waals surface area contributed by atoms with Crippen molar-refractivity contribution in [1.29, 1.82) is 0 Å². The number of piperidine rings is 1. The Bertz CT molecular complexity index is 925. The minimum Gasteiger partial charge on any atom is -0.497 e. The van der Waals surface area contributed by atoms with Crippen LogP contribution in [0.2, 0.25) is 0 Å². The second-order valence-electron chi connectivity index (χ2n) is 8.93. The van der Waals surface area contributed by atoms with Gasteiger partial charge in [0.15, 0.2) is 0 Å². The predicted molar refractivity (Wildman–Crippen MR) is 116 cm³/mol. The number of ether oxygens (including phenoxy) is 1. The van der Waals surface area contributed by atoms with Crippen LogP contribution in [0.5, 0.6) is 5.75 Å². The number of amides is 1. The molecule has 3 saturated heterocycles. The topological polar surface area (TPSA) is 61.8 Å². The molecule has 1 aromatic carbocycles. The highest BCUT2D eigenvalue weighted by atomic mass is 16.5. The lowest BCUT2D eigenvalue weighted by atomic mass is 9.72. The van der Waals surface area contributed by atoms with Gasteiger partial charge in [0.25, 0.3) is 5.91 Å². The van der Waals surface area contributed by atoms with Crippen molar-refractivity contribution in [2.24, 2.45) is 5.41 Å². The molecule has 0 aliphatic carbocycles. The summed E-state index contributed by atoms with van der Waals surface area (Å²) >= 11 is 0. The van der Waals surface area contributed by atoms with Crippen LogP contribution >= 0.6 is 0 Å². The van der Waals surface area contributed by atoms with E-state index in [9.17, 15) is 4.79 Å². The van der Waals surface area contributed by atoms with Gasteiger partial charge in [0, 0.05) is 56.6 Å². The number of hydrogen-bond donors (Lipinski definition) is 0. The van der Waals surface area contributed by atoms with Gasteiger partial charge in [-0.05, 0) is 50.5 Å². The molecule has 3 fully saturated rings. The lowest BCUT2D eigenvalue weighted by Crippen LogP contribution is -2.73. The summed E-state index contributed by atoms with van der Waals surface area (Å²) < 4.78 is 5.23. The van der Waals surface area contributed by atoms with Crippen LogP contribution in [0.4, 0.5) is 11.6 Å². The standard InChI is InChI=1S/C23H29N5O2/c1-17-20(12-24-22(25-17)26-10-4-3-5-11-26)21(29)28-15-23(16-28)13-27(14-23)18-6-8-19(30-2)9-7-18/h6-9,12H,3-5,10-11,13-16H2,1-2H3. The van der Waals surface area contributed by atoms with Gasteiger partial charge in [0.05, 0.1) is 18.4 Å². The molecule has 0 unspecified atom stereocenters. The Balaban J connectivity index is 1.18. The average Bonchev–Trinajstić information content (AvgIpc) is 2.72. The van der Waals surface area contributed by atoms with Crippen LogP contribution in [0, 0.1) is 12.3 Å². The first-order valence-electron chi connectivity index (χ1n) is 10.8. The third-order valence-electron chi connectivity index (χ3n) is 6.67. The highest BCUT2D eigenvalue weighted by Gasteiger charge is 2.53. The molecule has 158 valence electrons. The van der Waals surface area contributed by atoms with E-state index in [0.29, 0.717) is 5.56 Å². The molecule has 0 saturated carbocycles. The number of aromatic nitrogens is 2. The summed E-state index contributed by atoms with van der Waals surface area (Å²) in [5, 5.41) is 0. The van der Waals surface area contributed by atoms with Crippen LogP contribution in [0.3, 0.4) is 0 Å². The van der Waals surface area contributed by atoms with E-state index in [2.05, 4.69) is 31.9 Å². The van der Waals surface area contributed by atoms with Crippen molar-refractivity contribution < 1.29 is 9.53 Å². The third-order valence-corrected chi connectivity index (χ3v) is 6.67. The minimum atomic E-state index is 0.0613. The van der Waals surface area contributed by atoms with Crippen molar-refractivity contribution >= 4 is 17.5 Å². The number of nitrogens with zero attached hydrogens (tertiary/aromatic N) is 5. The number of benzene rings is 1. The number of carbonyl (C=O) groups excluding carboxylic acids is 1. The van der Waals surface area contributed by atoms with E-state index in [0.717, 1.165) is 56.7 Å². The van der Waals surface area contributed by atoms with E-state index in [-0.39, 0.29) is 11.3 Å². The van der Waals surface area contributed by atoms with Crippen LogP contribution in [-0.2, 0) is 0 Å². The third kappa shape index (κ3) is 3.36. The lowest BCUT2D eigenvalue weighted by Gasteiger charge is -2.61. The maximum absolute atomic E-state index is 13.0. The van der Waals surface area contributed by atoms with E-state index in [1.807, 2.05) is 24.0 Å². The smallest absolute Gasteiger partial charge is 0.257 e. The first-order chi connectivity index (χ1) is 14.6. The SMILES string of the molecule is COc1ccc(N2CC3(CN(C(=O)c4cnc(N5CCCCC5)nc4C)C3)C2)cc1. The summed E-state index contributed by atoms with van der Waals surface area (Å²) in [6.07, 6.45) is 5.38. The summed E-state index contributed by atoms with van der Waals surface area (Å²) in [6.45, 7) is 7.54. The quantitative estimate of drug-likeness (QED) is 0.777. The second-order valence-corrected chi connectivity index (χ2v) is 8.93. The molecule has 0 atom stereocenters. The number of anilines is 2. The molecule has 4 heterocycles. The Morgan fingerprint density at radius 2 is 1.70 bits per heavy atom. The van der Waals surface area contributed by atoms with Gasteiger partial charge >= 0.3 is 0 Å². The monoisotopic (exact) mass is 407 g/mol. The molecule has 0 bridgehead atoms. The summed E-state index contributed by atoms with van der Waals surface area (Å²) in [5.41, 5.74) is 2.86. The number of hydrogen-bond acceptors (Lipinski definition) is 6. The van der Waals surface area contributed by atoms with Crippen LogP contribution in [0.1, 0.15) is 35.3 Å². The Hall–Kier alpha value is -2.83. The van der Waals surface area contributed by atoms with Gasteiger partial charge in [-0.25, -0.2) is 9.97 Å². The molecule has 0 radical (unpaired) electrons. The van der Waals surface area contributed by atoms with Gasteiger partial charge in [-0.1, -0.05) is 0 Å². The zero-order valence-electron chi connectivity index (χ0n) is 17.8. The summed E-state index contributed by atoms with van der Waals surface area (Å²) in [6, 6.07) is 8.18. The van der Waals surface area contributed by atoms with Crippen molar-refractivity contribution in [1.82, 2.24) is 14.9 Å². The maximum Gasteiger partial charge on any atom is 0.257 e. The van der Waals surface area contributed by atoms with Gasteiger partial charge in [-0.15, -0.1) is 0 Å². The minimum absolute atomic E-state index is 0.0613. The summed E-state index contributed by atoms with van der Waals surface area (Å²) in [7, 11) is 1.68. The summed E-state index contributed by atoms with van der Waals surface area (Å²) in [4.78, 5) is 28.7. The zero-order valence-corrected chi connectivity index (χ0v) is 17.8. The maximum atomic E-state index is 13.0. The molecular weight excluding hydrogens is 378 g/mol. The molecule has 7 nitrogen and oxygen atoms in total. The number of methoxy groups -OCH3 is 1.